The van der Waals surface area contributed by atoms with E-state index in [0.29, 0.717) is 46.9 Å². The molecular weight excluding hydrogens is 604 g/mol. The SMILES string of the molecule is CC(=O)[C@@H]1CC[C@H]2[C@@H]3CC=C4C=C(O[C@H]5CC[C@H]6[C@@H]7CCc8cc(OC(=O)c9ccccc9)ccc8[C@H]7CC[C@]56C)CC[C@@H]4[C@H]3CC[C@]12C. The predicted octanol–water partition coefficient (Wildman–Crippen LogP) is 10.4. The zero-order chi connectivity index (χ0) is 33.5. The van der Waals surface area contributed by atoms with Crippen LogP contribution in [-0.2, 0) is 16.0 Å². The van der Waals surface area contributed by atoms with Crippen molar-refractivity contribution in [2.24, 2.45) is 52.3 Å². The van der Waals surface area contributed by atoms with E-state index in [1.54, 1.807) is 17.7 Å². The molecule has 2 aromatic rings. The number of ketones is 1. The lowest BCUT2D eigenvalue weighted by Crippen LogP contribution is -2.46. The molecule has 7 aliphatic carbocycles. The Morgan fingerprint density at radius 2 is 1.55 bits per heavy atom. The van der Waals surface area contributed by atoms with Crippen LogP contribution in [0.3, 0.4) is 0 Å². The monoisotopic (exact) mass is 658 g/mol. The Labute approximate surface area is 293 Å². The smallest absolute Gasteiger partial charge is 0.343 e. The maximum Gasteiger partial charge on any atom is 0.343 e. The number of benzene rings is 2. The van der Waals surface area contributed by atoms with Crippen LogP contribution in [-0.4, -0.2) is 17.9 Å². The number of carbonyl (C=O) groups excluding carboxylic acids is 2. The van der Waals surface area contributed by atoms with Crippen molar-refractivity contribution in [1.82, 2.24) is 0 Å². The number of carbonyl (C=O) groups is 2. The van der Waals surface area contributed by atoms with E-state index in [1.165, 1.54) is 81.1 Å². The first kappa shape index (κ1) is 31.8. The minimum Gasteiger partial charge on any atom is -0.494 e. The van der Waals surface area contributed by atoms with Crippen LogP contribution in [0, 0.1) is 52.3 Å². The van der Waals surface area contributed by atoms with Gasteiger partial charge in [0.2, 0.25) is 0 Å². The van der Waals surface area contributed by atoms with Crippen molar-refractivity contribution in [1.29, 1.82) is 0 Å². The van der Waals surface area contributed by atoms with E-state index in [2.05, 4.69) is 38.1 Å². The van der Waals surface area contributed by atoms with Gasteiger partial charge in [0, 0.05) is 17.8 Å². The summed E-state index contributed by atoms with van der Waals surface area (Å²) in [6, 6.07) is 15.7. The number of ether oxygens (including phenoxy) is 2. The van der Waals surface area contributed by atoms with E-state index in [-0.39, 0.29) is 22.7 Å². The van der Waals surface area contributed by atoms with Crippen LogP contribution >= 0.6 is 0 Å². The number of Topliss-reactive ketones (excluding diaryl/α,β-unsaturated/α-hetero) is 1. The van der Waals surface area contributed by atoms with Crippen molar-refractivity contribution < 1.29 is 19.1 Å². The number of allylic oxidation sites excluding steroid dienone is 4. The molecule has 0 radical (unpaired) electrons. The normalized spacial score (nSPS) is 40.3. The van der Waals surface area contributed by atoms with Gasteiger partial charge in [0.25, 0.3) is 0 Å². The quantitative estimate of drug-likeness (QED) is 0.237. The summed E-state index contributed by atoms with van der Waals surface area (Å²) < 4.78 is 12.9. The van der Waals surface area contributed by atoms with Gasteiger partial charge in [0.1, 0.15) is 17.6 Å². The number of hydrogen-bond donors (Lipinski definition) is 0. The summed E-state index contributed by atoms with van der Waals surface area (Å²) in [7, 11) is 0. The van der Waals surface area contributed by atoms with Crippen molar-refractivity contribution >= 4 is 11.8 Å². The first-order chi connectivity index (χ1) is 23.7. The fraction of sp³-hybridized carbons (Fsp3) is 0.600. The van der Waals surface area contributed by atoms with Crippen LogP contribution in [0.25, 0.3) is 0 Å². The second kappa shape index (κ2) is 12.0. The maximum atomic E-state index is 12.7. The van der Waals surface area contributed by atoms with Crippen molar-refractivity contribution in [2.45, 2.75) is 116 Å². The van der Waals surface area contributed by atoms with E-state index in [1.807, 2.05) is 31.2 Å². The third kappa shape index (κ3) is 5.12. The lowest BCUT2D eigenvalue weighted by molar-refractivity contribution is -0.126. The molecule has 4 saturated carbocycles. The van der Waals surface area contributed by atoms with Gasteiger partial charge in [-0.3, -0.25) is 4.79 Å². The predicted molar refractivity (Wildman–Crippen MR) is 192 cm³/mol. The molecular formula is C45H54O4. The summed E-state index contributed by atoms with van der Waals surface area (Å²) in [5.74, 6) is 7.28. The minimum atomic E-state index is -0.290. The van der Waals surface area contributed by atoms with E-state index < -0.39 is 0 Å². The highest BCUT2D eigenvalue weighted by Crippen LogP contribution is 2.64. The molecule has 0 spiro atoms. The standard InChI is InChI=1S/C45H54O4/c1-27(46)39-17-18-40-37-13-9-29-25-31(11-15-33(29)35(37)21-23-44(39,40)2)48-42-20-19-41-38-14-10-30-26-32(49-43(47)28-7-5-4-6-8-28)12-16-34(30)36(38)22-24-45(41,42)3/h4-9,12,16,25-26,33,35-42H,10-11,13-15,17-24H2,1-3H3/t33-,35+,36+,37+,38+,39-,40-,41-,42-,44+,45-/m0/s1. The molecule has 11 atom stereocenters. The van der Waals surface area contributed by atoms with Crippen molar-refractivity contribution in [3.63, 3.8) is 0 Å². The summed E-state index contributed by atoms with van der Waals surface area (Å²) in [5, 5.41) is 0. The summed E-state index contributed by atoms with van der Waals surface area (Å²) in [6.45, 7) is 6.85. The largest absolute Gasteiger partial charge is 0.494 e. The zero-order valence-corrected chi connectivity index (χ0v) is 29.8. The molecule has 0 amide bonds. The van der Waals surface area contributed by atoms with Crippen molar-refractivity contribution in [3.8, 4) is 5.75 Å². The first-order valence-corrected chi connectivity index (χ1v) is 19.7. The first-order valence-electron chi connectivity index (χ1n) is 19.7. The Balaban J connectivity index is 0.869. The lowest BCUT2D eigenvalue weighted by atomic mass is 9.52. The molecule has 0 aliphatic heterocycles. The van der Waals surface area contributed by atoms with Crippen LogP contribution < -0.4 is 4.74 Å². The highest BCUT2D eigenvalue weighted by atomic mass is 16.5. The molecule has 4 nitrogen and oxygen atoms in total. The van der Waals surface area contributed by atoms with Gasteiger partial charge < -0.3 is 9.47 Å². The molecule has 4 fully saturated rings. The van der Waals surface area contributed by atoms with Gasteiger partial charge in [-0.25, -0.2) is 4.79 Å². The van der Waals surface area contributed by atoms with Crippen LogP contribution in [0.2, 0.25) is 0 Å². The molecule has 2 aromatic carbocycles. The average Bonchev–Trinajstić information content (AvgIpc) is 3.64. The van der Waals surface area contributed by atoms with E-state index >= 15 is 0 Å². The molecule has 258 valence electrons. The Morgan fingerprint density at radius 1 is 0.755 bits per heavy atom. The summed E-state index contributed by atoms with van der Waals surface area (Å²) in [6.07, 6.45) is 20.9. The van der Waals surface area contributed by atoms with Crippen LogP contribution in [0.15, 0.2) is 72.0 Å². The number of hydrogen-bond acceptors (Lipinski definition) is 4. The lowest BCUT2D eigenvalue weighted by Gasteiger charge is -2.53. The van der Waals surface area contributed by atoms with E-state index in [4.69, 9.17) is 9.47 Å². The highest BCUT2D eigenvalue weighted by Gasteiger charge is 2.58. The molecule has 4 heteroatoms. The molecule has 0 unspecified atom stereocenters. The number of rotatable bonds is 5. The van der Waals surface area contributed by atoms with Crippen LogP contribution in [0.4, 0.5) is 0 Å². The average molecular weight is 659 g/mol. The van der Waals surface area contributed by atoms with Crippen LogP contribution in [0.1, 0.15) is 125 Å². The minimum absolute atomic E-state index is 0.227. The Bertz CT molecular complexity index is 1700. The van der Waals surface area contributed by atoms with Crippen molar-refractivity contribution in [3.05, 3.63) is 88.7 Å². The number of aryl methyl sites for hydroxylation is 1. The molecule has 0 aromatic heterocycles. The van der Waals surface area contributed by atoms with Gasteiger partial charge in [0.05, 0.1) is 11.3 Å². The van der Waals surface area contributed by atoms with E-state index in [0.717, 1.165) is 37.0 Å². The molecule has 9 rings (SSSR count). The van der Waals surface area contributed by atoms with E-state index in [9.17, 15) is 9.59 Å². The Morgan fingerprint density at radius 3 is 2.39 bits per heavy atom. The van der Waals surface area contributed by atoms with Crippen molar-refractivity contribution in [2.75, 3.05) is 0 Å². The summed E-state index contributed by atoms with van der Waals surface area (Å²) in [4.78, 5) is 25.2. The van der Waals surface area contributed by atoms with Gasteiger partial charge in [0.15, 0.2) is 0 Å². The molecule has 7 aliphatic rings. The van der Waals surface area contributed by atoms with Gasteiger partial charge in [-0.15, -0.1) is 0 Å². The summed E-state index contributed by atoms with van der Waals surface area (Å²) in [5.41, 5.74) is 5.47. The molecule has 0 heterocycles. The van der Waals surface area contributed by atoms with Gasteiger partial charge >= 0.3 is 5.97 Å². The highest BCUT2D eigenvalue weighted by molar-refractivity contribution is 5.91. The fourth-order valence-electron chi connectivity index (χ4n) is 13.4. The Hall–Kier alpha value is -3.14. The van der Waals surface area contributed by atoms with Crippen LogP contribution in [0.5, 0.6) is 5.75 Å². The molecule has 0 saturated heterocycles. The molecule has 49 heavy (non-hydrogen) atoms. The molecule has 0 bridgehead atoms. The number of fused-ring (bicyclic) bond motifs is 10. The third-order valence-corrected chi connectivity index (χ3v) is 15.7. The second-order valence-corrected chi connectivity index (χ2v) is 17.7. The zero-order valence-electron chi connectivity index (χ0n) is 29.8. The van der Waals surface area contributed by atoms with Gasteiger partial charge in [-0.1, -0.05) is 44.2 Å². The third-order valence-electron chi connectivity index (χ3n) is 15.7. The maximum absolute atomic E-state index is 12.7. The Kier molecular flexibility index (Phi) is 7.78. The second-order valence-electron chi connectivity index (χ2n) is 17.7. The fourth-order valence-corrected chi connectivity index (χ4v) is 13.4. The number of esters is 1. The van der Waals surface area contributed by atoms with Gasteiger partial charge in [-0.2, -0.15) is 0 Å². The topological polar surface area (TPSA) is 52.6 Å². The molecule has 0 N–H and O–H groups in total. The summed E-state index contributed by atoms with van der Waals surface area (Å²) >= 11 is 0. The van der Waals surface area contributed by atoms with Gasteiger partial charge in [-0.05, 0) is 178 Å².